The summed E-state index contributed by atoms with van der Waals surface area (Å²) in [7, 11) is 0. The molecule has 0 saturated heterocycles. The zero-order valence-corrected chi connectivity index (χ0v) is 44.6. The minimum absolute atomic E-state index is 0.00177. The van der Waals surface area contributed by atoms with Crippen LogP contribution in [-0.4, -0.2) is 56.7 Å². The number of unbranched alkanes of at least 4 members (excludes halogenated alkanes) is 33. The normalized spacial score (nSPS) is 11.5. The smallest absolute Gasteiger partial charge is 0.343 e. The van der Waals surface area contributed by atoms with Crippen LogP contribution in [0, 0.1) is 0 Å². The standard InChI is InChI=1S/C60H104N2O6/c1-5-9-12-15-18-21-24-27-30-33-36-39-46-65-57-49-54(60(64)68-55-43-42-53(56(63)51-55)52-62-45-44-61-8-4)50-58(66-47-40-37-34-31-28-25-22-19-16-13-10-6-2)59(57)67-48-41-38-35-32-29-26-23-20-17-14-11-7-3/h42-43,49-52,61,63H,5-41,44-48H2,1-4H3. The average Bonchev–Trinajstić information content (AvgIpc) is 3.34. The molecule has 0 aromatic heterocycles. The van der Waals surface area contributed by atoms with Gasteiger partial charge >= 0.3 is 5.97 Å². The molecular formula is C60H104N2O6. The van der Waals surface area contributed by atoms with Crippen molar-refractivity contribution in [1.29, 1.82) is 0 Å². The Balaban J connectivity index is 2.12. The number of carbonyl (C=O) groups is 1. The maximum Gasteiger partial charge on any atom is 0.343 e. The maximum atomic E-state index is 13.9. The first-order valence-electron chi connectivity index (χ1n) is 28.9. The number of aliphatic imine (C=N–C) groups is 1. The lowest BCUT2D eigenvalue weighted by atomic mass is 10.1. The first-order chi connectivity index (χ1) is 33.5. The zero-order valence-electron chi connectivity index (χ0n) is 44.6. The number of ether oxygens (including phenoxy) is 4. The van der Waals surface area contributed by atoms with Crippen LogP contribution in [0.1, 0.15) is 275 Å². The van der Waals surface area contributed by atoms with Crippen LogP contribution in [-0.2, 0) is 0 Å². The number of carbonyl (C=O) groups excluding carboxylic acids is 1. The highest BCUT2D eigenvalue weighted by molar-refractivity contribution is 5.93. The van der Waals surface area contributed by atoms with E-state index in [9.17, 15) is 9.90 Å². The number of aromatic hydroxyl groups is 1. The second-order valence-corrected chi connectivity index (χ2v) is 19.5. The van der Waals surface area contributed by atoms with E-state index in [1.165, 1.54) is 199 Å². The van der Waals surface area contributed by atoms with Crippen molar-refractivity contribution in [3.8, 4) is 28.7 Å². The van der Waals surface area contributed by atoms with Crippen molar-refractivity contribution in [2.75, 3.05) is 39.5 Å². The summed E-state index contributed by atoms with van der Waals surface area (Å²) in [5.41, 5.74) is 0.892. The summed E-state index contributed by atoms with van der Waals surface area (Å²) < 4.78 is 25.5. The van der Waals surface area contributed by atoms with Gasteiger partial charge < -0.3 is 29.4 Å². The number of hydrogen-bond donors (Lipinski definition) is 2. The molecular weight excluding hydrogens is 845 g/mol. The topological polar surface area (TPSA) is 98.6 Å². The van der Waals surface area contributed by atoms with Crippen LogP contribution in [0.5, 0.6) is 28.7 Å². The fraction of sp³-hybridized carbons (Fsp3) is 0.767. The number of nitrogens with one attached hydrogen (secondary N) is 1. The molecule has 2 N–H and O–H groups in total. The molecule has 0 aliphatic carbocycles. The number of benzene rings is 2. The Morgan fingerprint density at radius 1 is 0.500 bits per heavy atom. The molecule has 0 spiro atoms. The van der Waals surface area contributed by atoms with Crippen molar-refractivity contribution in [2.45, 2.75) is 259 Å². The number of esters is 1. The van der Waals surface area contributed by atoms with Crippen molar-refractivity contribution >= 4 is 12.2 Å². The Bertz CT molecular complexity index is 1450. The molecule has 0 aliphatic heterocycles. The monoisotopic (exact) mass is 949 g/mol. The number of hydrogen-bond acceptors (Lipinski definition) is 8. The van der Waals surface area contributed by atoms with Crippen LogP contribution in [0.2, 0.25) is 0 Å². The summed E-state index contributed by atoms with van der Waals surface area (Å²) in [6, 6.07) is 8.37. The fourth-order valence-electron chi connectivity index (χ4n) is 8.76. The van der Waals surface area contributed by atoms with E-state index < -0.39 is 5.97 Å². The van der Waals surface area contributed by atoms with Crippen LogP contribution >= 0.6 is 0 Å². The first kappa shape index (κ1) is 60.9. The Labute approximate surface area is 418 Å². The highest BCUT2D eigenvalue weighted by Crippen LogP contribution is 2.40. The molecule has 390 valence electrons. The fourth-order valence-corrected chi connectivity index (χ4v) is 8.76. The highest BCUT2D eigenvalue weighted by atomic mass is 16.5. The van der Waals surface area contributed by atoms with Gasteiger partial charge in [-0.15, -0.1) is 0 Å². The molecule has 0 radical (unpaired) electrons. The lowest BCUT2D eigenvalue weighted by Crippen LogP contribution is -2.16. The molecule has 2 rings (SSSR count). The quantitative estimate of drug-likeness (QED) is 0.0295. The molecule has 0 bridgehead atoms. The summed E-state index contributed by atoms with van der Waals surface area (Å²) >= 11 is 0. The third-order valence-electron chi connectivity index (χ3n) is 13.1. The highest BCUT2D eigenvalue weighted by Gasteiger charge is 2.21. The molecule has 8 heteroatoms. The predicted octanol–water partition coefficient (Wildman–Crippen LogP) is 17.9. The first-order valence-corrected chi connectivity index (χ1v) is 28.9. The Morgan fingerprint density at radius 2 is 0.868 bits per heavy atom. The van der Waals surface area contributed by atoms with Gasteiger partial charge in [-0.25, -0.2) is 4.79 Å². The lowest BCUT2D eigenvalue weighted by molar-refractivity contribution is 0.0733. The minimum atomic E-state index is -0.547. The number of phenolic OH excluding ortho intramolecular Hbond substituents is 1. The van der Waals surface area contributed by atoms with Crippen LogP contribution in [0.4, 0.5) is 0 Å². The van der Waals surface area contributed by atoms with Gasteiger partial charge in [0.15, 0.2) is 11.5 Å². The van der Waals surface area contributed by atoms with E-state index in [2.05, 4.69) is 38.0 Å². The minimum Gasteiger partial charge on any atom is -0.507 e. The molecule has 0 aliphatic rings. The third kappa shape index (κ3) is 32.5. The number of nitrogens with zero attached hydrogens (tertiary/aromatic N) is 1. The molecule has 0 amide bonds. The summed E-state index contributed by atoms with van der Waals surface area (Å²) in [5, 5.41) is 14.0. The van der Waals surface area contributed by atoms with Gasteiger partial charge in [-0.2, -0.15) is 0 Å². The lowest BCUT2D eigenvalue weighted by Gasteiger charge is -2.19. The van der Waals surface area contributed by atoms with E-state index in [1.54, 1.807) is 30.5 Å². The van der Waals surface area contributed by atoms with E-state index in [1.807, 2.05) is 0 Å². The SMILES string of the molecule is CCCCCCCCCCCCCCOc1cc(C(=O)Oc2ccc(C=NCCNCC)c(O)c2)cc(OCCCCCCCCCCCCCC)c1OCCCCCCCCCCCCCC. The van der Waals surface area contributed by atoms with Crippen molar-refractivity contribution in [3.05, 3.63) is 41.5 Å². The summed E-state index contributed by atoms with van der Waals surface area (Å²) in [6.45, 7) is 12.8. The van der Waals surface area contributed by atoms with Gasteiger partial charge in [0.2, 0.25) is 5.75 Å². The van der Waals surface area contributed by atoms with Crippen molar-refractivity contribution in [1.82, 2.24) is 5.32 Å². The molecule has 8 nitrogen and oxygen atoms in total. The van der Waals surface area contributed by atoms with Crippen LogP contribution in [0.15, 0.2) is 35.3 Å². The molecule has 0 saturated carbocycles. The molecule has 68 heavy (non-hydrogen) atoms. The van der Waals surface area contributed by atoms with Gasteiger partial charge in [0.25, 0.3) is 0 Å². The zero-order chi connectivity index (χ0) is 48.8. The number of phenols is 1. The van der Waals surface area contributed by atoms with E-state index in [0.29, 0.717) is 54.7 Å². The van der Waals surface area contributed by atoms with Gasteiger partial charge in [0.05, 0.1) is 31.9 Å². The Hall–Kier alpha value is -3.26. The van der Waals surface area contributed by atoms with Crippen molar-refractivity contribution < 1.29 is 28.8 Å². The van der Waals surface area contributed by atoms with Gasteiger partial charge in [-0.3, -0.25) is 4.99 Å². The van der Waals surface area contributed by atoms with Gasteiger partial charge in [-0.1, -0.05) is 240 Å². The van der Waals surface area contributed by atoms with E-state index in [4.69, 9.17) is 18.9 Å². The van der Waals surface area contributed by atoms with Crippen LogP contribution < -0.4 is 24.3 Å². The van der Waals surface area contributed by atoms with Crippen molar-refractivity contribution in [2.24, 2.45) is 4.99 Å². The molecule has 2 aromatic rings. The Morgan fingerprint density at radius 3 is 1.24 bits per heavy atom. The van der Waals surface area contributed by atoms with E-state index in [-0.39, 0.29) is 11.5 Å². The van der Waals surface area contributed by atoms with Gasteiger partial charge in [0, 0.05) is 24.4 Å². The second-order valence-electron chi connectivity index (χ2n) is 19.5. The van der Waals surface area contributed by atoms with E-state index in [0.717, 1.165) is 51.6 Å². The second kappa shape index (κ2) is 44.9. The van der Waals surface area contributed by atoms with Crippen molar-refractivity contribution in [3.63, 3.8) is 0 Å². The molecule has 0 fully saturated rings. The molecule has 0 unspecified atom stereocenters. The molecule has 0 heterocycles. The number of likely N-dealkylation sites (N-methyl/N-ethyl adjacent to an activating group) is 1. The average molecular weight is 949 g/mol. The maximum absolute atomic E-state index is 13.9. The summed E-state index contributed by atoms with van der Waals surface area (Å²) in [4.78, 5) is 18.3. The molecule has 0 atom stereocenters. The predicted molar refractivity (Wildman–Crippen MR) is 290 cm³/mol. The van der Waals surface area contributed by atoms with Crippen LogP contribution in [0.25, 0.3) is 0 Å². The third-order valence-corrected chi connectivity index (χ3v) is 13.1. The van der Waals surface area contributed by atoms with Crippen LogP contribution in [0.3, 0.4) is 0 Å². The Kier molecular flexibility index (Phi) is 40.2. The van der Waals surface area contributed by atoms with E-state index >= 15 is 0 Å². The molecule has 2 aromatic carbocycles. The largest absolute Gasteiger partial charge is 0.507 e. The summed E-state index contributed by atoms with van der Waals surface area (Å²) in [6.07, 6.45) is 47.7. The summed E-state index contributed by atoms with van der Waals surface area (Å²) in [5.74, 6) is 1.34. The number of rotatable bonds is 49. The van der Waals surface area contributed by atoms with Gasteiger partial charge in [0.1, 0.15) is 11.5 Å². The van der Waals surface area contributed by atoms with Gasteiger partial charge in [-0.05, 0) is 50.1 Å².